The van der Waals surface area contributed by atoms with Gasteiger partial charge in [0.25, 0.3) is 0 Å². The van der Waals surface area contributed by atoms with E-state index in [1.807, 2.05) is 105 Å². The summed E-state index contributed by atoms with van der Waals surface area (Å²) >= 11 is 0. The SMILES string of the molecule is CCCN(CCC)S(=O)(=O)c1ccc(N(C(=O)O)C(c2ccccc2)(c2ccccc2)c2ccccc2)cc1. The molecule has 39 heavy (non-hydrogen) atoms. The predicted octanol–water partition coefficient (Wildman–Crippen LogP) is 6.97. The fourth-order valence-corrected chi connectivity index (χ4v) is 6.76. The van der Waals surface area contributed by atoms with E-state index in [2.05, 4.69) is 0 Å². The van der Waals surface area contributed by atoms with E-state index in [4.69, 9.17) is 0 Å². The minimum Gasteiger partial charge on any atom is -0.465 e. The predicted molar refractivity (Wildman–Crippen MR) is 155 cm³/mol. The van der Waals surface area contributed by atoms with Crippen molar-refractivity contribution in [2.75, 3.05) is 18.0 Å². The molecule has 4 aromatic carbocycles. The fraction of sp³-hybridized carbons (Fsp3) is 0.219. The molecule has 4 rings (SSSR count). The van der Waals surface area contributed by atoms with Gasteiger partial charge < -0.3 is 5.11 Å². The topological polar surface area (TPSA) is 77.9 Å². The van der Waals surface area contributed by atoms with Gasteiger partial charge >= 0.3 is 6.09 Å². The first-order valence-corrected chi connectivity index (χ1v) is 14.6. The largest absolute Gasteiger partial charge is 0.465 e. The first kappa shape index (κ1) is 28.1. The van der Waals surface area contributed by atoms with Gasteiger partial charge in [-0.25, -0.2) is 13.2 Å². The van der Waals surface area contributed by atoms with Gasteiger partial charge in [0.05, 0.1) is 4.90 Å². The van der Waals surface area contributed by atoms with Gasteiger partial charge in [-0.15, -0.1) is 0 Å². The Labute approximate surface area is 231 Å². The lowest BCUT2D eigenvalue weighted by Gasteiger charge is -2.44. The Hall–Kier alpha value is -3.94. The van der Waals surface area contributed by atoms with Gasteiger partial charge in [0, 0.05) is 18.8 Å². The highest BCUT2D eigenvalue weighted by Crippen LogP contribution is 2.45. The second kappa shape index (κ2) is 12.3. The third-order valence-electron chi connectivity index (χ3n) is 6.78. The van der Waals surface area contributed by atoms with Gasteiger partial charge in [-0.05, 0) is 53.8 Å². The number of hydrogen-bond donors (Lipinski definition) is 1. The number of hydrogen-bond acceptors (Lipinski definition) is 3. The standard InChI is InChI=1S/C32H34N2O4S/c1-3-24-33(25-4-2)39(37,38)30-22-20-29(21-23-30)34(31(35)36)32(26-14-8-5-9-15-26,27-16-10-6-11-17-27)28-18-12-7-13-19-28/h5-23H,3-4,24-25H2,1-2H3,(H,35,36). The van der Waals surface area contributed by atoms with Crippen LogP contribution in [-0.2, 0) is 15.6 Å². The quantitative estimate of drug-likeness (QED) is 0.208. The molecule has 0 saturated carbocycles. The Morgan fingerprint density at radius 3 is 1.38 bits per heavy atom. The highest BCUT2D eigenvalue weighted by atomic mass is 32.2. The number of sulfonamides is 1. The maximum absolute atomic E-state index is 13.4. The highest BCUT2D eigenvalue weighted by molar-refractivity contribution is 7.89. The van der Waals surface area contributed by atoms with Crippen LogP contribution in [0.2, 0.25) is 0 Å². The number of nitrogens with zero attached hydrogens (tertiary/aromatic N) is 2. The molecule has 6 nitrogen and oxygen atoms in total. The first-order valence-electron chi connectivity index (χ1n) is 13.2. The second-order valence-electron chi connectivity index (χ2n) is 9.32. The Balaban J connectivity index is 1.95. The summed E-state index contributed by atoms with van der Waals surface area (Å²) in [6, 6.07) is 34.7. The van der Waals surface area contributed by atoms with Crippen LogP contribution < -0.4 is 4.90 Å². The number of amides is 1. The third-order valence-corrected chi connectivity index (χ3v) is 8.69. The molecule has 4 aromatic rings. The third kappa shape index (κ3) is 5.46. The van der Waals surface area contributed by atoms with E-state index in [-0.39, 0.29) is 4.90 Å². The zero-order chi connectivity index (χ0) is 27.9. The highest BCUT2D eigenvalue weighted by Gasteiger charge is 2.46. The van der Waals surface area contributed by atoms with Crippen LogP contribution >= 0.6 is 0 Å². The molecule has 0 aliphatic rings. The number of anilines is 1. The summed E-state index contributed by atoms with van der Waals surface area (Å²) in [7, 11) is -3.71. The van der Waals surface area contributed by atoms with Crippen LogP contribution in [0.15, 0.2) is 120 Å². The fourth-order valence-electron chi connectivity index (χ4n) is 5.14. The van der Waals surface area contributed by atoms with Crippen LogP contribution in [0, 0.1) is 0 Å². The van der Waals surface area contributed by atoms with Crippen molar-refractivity contribution in [2.45, 2.75) is 37.1 Å². The van der Waals surface area contributed by atoms with Crippen LogP contribution in [0.5, 0.6) is 0 Å². The maximum atomic E-state index is 13.4. The molecule has 0 fully saturated rings. The van der Waals surface area contributed by atoms with Gasteiger partial charge in [-0.3, -0.25) is 4.90 Å². The zero-order valence-corrected chi connectivity index (χ0v) is 23.1. The van der Waals surface area contributed by atoms with Crippen LogP contribution in [0.1, 0.15) is 43.4 Å². The molecule has 0 heterocycles. The summed E-state index contributed by atoms with van der Waals surface area (Å²) in [5.74, 6) is 0. The molecule has 7 heteroatoms. The lowest BCUT2D eigenvalue weighted by molar-refractivity contribution is 0.197. The second-order valence-corrected chi connectivity index (χ2v) is 11.3. The Bertz CT molecular complexity index is 1360. The summed E-state index contributed by atoms with van der Waals surface area (Å²) in [5, 5.41) is 10.8. The summed E-state index contributed by atoms with van der Waals surface area (Å²) in [6.45, 7) is 4.75. The van der Waals surface area contributed by atoms with Crippen molar-refractivity contribution >= 4 is 21.8 Å². The molecule has 0 aliphatic heterocycles. The van der Waals surface area contributed by atoms with Crippen molar-refractivity contribution in [3.05, 3.63) is 132 Å². The van der Waals surface area contributed by atoms with Gasteiger partial charge in [0.1, 0.15) is 5.54 Å². The van der Waals surface area contributed by atoms with Gasteiger partial charge in [0.2, 0.25) is 10.0 Å². The molecule has 1 amide bonds. The maximum Gasteiger partial charge on any atom is 0.413 e. The van der Waals surface area contributed by atoms with E-state index in [9.17, 15) is 18.3 Å². The molecule has 0 aliphatic carbocycles. The Kier molecular flexibility index (Phi) is 8.84. The number of carbonyl (C=O) groups is 1. The van der Waals surface area contributed by atoms with E-state index in [1.54, 1.807) is 12.1 Å². The van der Waals surface area contributed by atoms with Crippen molar-refractivity contribution in [1.82, 2.24) is 4.31 Å². The van der Waals surface area contributed by atoms with Gasteiger partial charge in [-0.2, -0.15) is 4.31 Å². The van der Waals surface area contributed by atoms with E-state index < -0.39 is 21.7 Å². The lowest BCUT2D eigenvalue weighted by Crippen LogP contribution is -2.51. The first-order chi connectivity index (χ1) is 18.9. The molecule has 0 radical (unpaired) electrons. The normalized spacial score (nSPS) is 11.9. The number of carboxylic acid groups (broad SMARTS) is 1. The van der Waals surface area contributed by atoms with E-state index >= 15 is 0 Å². The van der Waals surface area contributed by atoms with Crippen molar-refractivity contribution in [3.63, 3.8) is 0 Å². The molecule has 1 N–H and O–H groups in total. The van der Waals surface area contributed by atoms with Crippen molar-refractivity contribution in [3.8, 4) is 0 Å². The molecule has 0 bridgehead atoms. The summed E-state index contributed by atoms with van der Waals surface area (Å²) in [6.07, 6.45) is 0.246. The molecule has 0 spiro atoms. The lowest BCUT2D eigenvalue weighted by atomic mass is 9.75. The molecular weight excluding hydrogens is 508 g/mol. The Morgan fingerprint density at radius 1 is 0.667 bits per heavy atom. The van der Waals surface area contributed by atoms with Gasteiger partial charge in [-0.1, -0.05) is 105 Å². The minimum absolute atomic E-state index is 0.142. The van der Waals surface area contributed by atoms with Crippen molar-refractivity contribution in [2.24, 2.45) is 0 Å². The molecule has 202 valence electrons. The molecular formula is C32H34N2O4S. The number of benzene rings is 4. The van der Waals surface area contributed by atoms with E-state index in [0.717, 1.165) is 16.7 Å². The van der Waals surface area contributed by atoms with Crippen molar-refractivity contribution in [1.29, 1.82) is 0 Å². The monoisotopic (exact) mass is 542 g/mol. The minimum atomic E-state index is -3.71. The van der Waals surface area contributed by atoms with Crippen LogP contribution in [0.3, 0.4) is 0 Å². The van der Waals surface area contributed by atoms with Crippen LogP contribution in [-0.4, -0.2) is 37.0 Å². The summed E-state index contributed by atoms with van der Waals surface area (Å²) < 4.78 is 28.3. The molecule has 0 unspecified atom stereocenters. The van der Waals surface area contributed by atoms with E-state index in [0.29, 0.717) is 31.6 Å². The smallest absolute Gasteiger partial charge is 0.413 e. The van der Waals surface area contributed by atoms with Crippen LogP contribution in [0.25, 0.3) is 0 Å². The van der Waals surface area contributed by atoms with Crippen LogP contribution in [0.4, 0.5) is 10.5 Å². The molecule has 0 saturated heterocycles. The Morgan fingerprint density at radius 2 is 1.05 bits per heavy atom. The van der Waals surface area contributed by atoms with Gasteiger partial charge in [0.15, 0.2) is 0 Å². The van der Waals surface area contributed by atoms with Crippen molar-refractivity contribution < 1.29 is 18.3 Å². The molecule has 0 aromatic heterocycles. The number of rotatable bonds is 11. The average molecular weight is 543 g/mol. The zero-order valence-electron chi connectivity index (χ0n) is 22.3. The van der Waals surface area contributed by atoms with E-state index in [1.165, 1.54) is 21.3 Å². The summed E-state index contributed by atoms with van der Waals surface area (Å²) in [4.78, 5) is 14.7. The summed E-state index contributed by atoms with van der Waals surface area (Å²) in [5.41, 5.74) is 1.40. The average Bonchev–Trinajstić information content (AvgIpc) is 2.97. The molecule has 0 atom stereocenters.